The highest BCUT2D eigenvalue weighted by atomic mass is 15.2. The van der Waals surface area contributed by atoms with Crippen molar-refractivity contribution in [3.05, 3.63) is 473 Å². The van der Waals surface area contributed by atoms with Gasteiger partial charge in [0.1, 0.15) is 0 Å². The highest BCUT2D eigenvalue weighted by Gasteiger charge is 2.23. The van der Waals surface area contributed by atoms with Gasteiger partial charge in [0.05, 0.1) is 44.3 Å². The number of fused-ring (bicyclic) bond motifs is 10. The normalized spacial score (nSPS) is 11.5. The zero-order valence-electron chi connectivity index (χ0n) is 67.6. The summed E-state index contributed by atoms with van der Waals surface area (Å²) in [4.78, 5) is 18.1. The lowest BCUT2D eigenvalue weighted by molar-refractivity contribution is 1.18. The largest absolute Gasteiger partial charge is 0.311 e. The van der Waals surface area contributed by atoms with E-state index in [2.05, 4.69) is 502 Å². The van der Waals surface area contributed by atoms with Crippen LogP contribution >= 0.6 is 0 Å². The number of nitrogens with zero attached hydrogens (tertiary/aromatic N) is 8. The summed E-state index contributed by atoms with van der Waals surface area (Å²) in [5.74, 6) is 0.628. The smallest absolute Gasteiger partial charge is 0.160 e. The number of para-hydroxylation sites is 9. The van der Waals surface area contributed by atoms with Crippen LogP contribution in [0.3, 0.4) is 0 Å². The van der Waals surface area contributed by atoms with Crippen LogP contribution in [0.15, 0.2) is 473 Å². The molecule has 0 aliphatic carbocycles. The minimum atomic E-state index is 0.628. The van der Waals surface area contributed by atoms with Gasteiger partial charge < -0.3 is 28.4 Å². The minimum absolute atomic E-state index is 0.628. The first-order valence-electron chi connectivity index (χ1n) is 42.2. The number of hydrogen-bond donors (Lipinski definition) is 0. The van der Waals surface area contributed by atoms with Crippen molar-refractivity contribution in [3.8, 4) is 84.2 Å². The third-order valence-electron chi connectivity index (χ3n) is 24.4. The number of rotatable bonds is 18. The van der Waals surface area contributed by atoms with Crippen LogP contribution in [0.25, 0.3) is 161 Å². The third-order valence-corrected chi connectivity index (χ3v) is 24.4. The molecule has 0 amide bonds. The Kier molecular flexibility index (Phi) is 18.1. The van der Waals surface area contributed by atoms with Gasteiger partial charge in [-0.2, -0.15) is 0 Å². The Morgan fingerprint density at radius 1 is 0.153 bits per heavy atom. The lowest BCUT2D eigenvalue weighted by Gasteiger charge is -2.26. The zero-order chi connectivity index (χ0) is 82.0. The number of anilines is 9. The molecular weight excluding hydrogens is 1510 g/mol. The van der Waals surface area contributed by atoms with Crippen molar-refractivity contribution >= 4 is 128 Å². The van der Waals surface area contributed by atoms with Gasteiger partial charge in [0, 0.05) is 117 Å². The molecule has 0 saturated carbocycles. The summed E-state index contributed by atoms with van der Waals surface area (Å²) in [7, 11) is 0. The lowest BCUT2D eigenvalue weighted by atomic mass is 9.99. The summed E-state index contributed by atoms with van der Waals surface area (Å²) >= 11 is 0. The predicted octanol–water partition coefficient (Wildman–Crippen LogP) is 31.3. The average Bonchev–Trinajstić information content (AvgIpc) is 1.59. The molecule has 23 rings (SSSR count). The molecule has 4 heterocycles. The van der Waals surface area contributed by atoms with Gasteiger partial charge >= 0.3 is 0 Å². The topological polar surface area (TPSA) is 50.3 Å². The van der Waals surface area contributed by atoms with E-state index in [0.717, 1.165) is 140 Å². The Balaban J connectivity index is 0.593. The van der Waals surface area contributed by atoms with Crippen molar-refractivity contribution in [2.24, 2.45) is 0 Å². The molecule has 0 aliphatic rings. The second-order valence-corrected chi connectivity index (χ2v) is 31.7. The molecule has 0 fully saturated rings. The van der Waals surface area contributed by atoms with E-state index in [1.165, 1.54) is 65.4 Å². The van der Waals surface area contributed by atoms with Gasteiger partial charge in [-0.1, -0.05) is 267 Å². The molecule has 8 heteroatoms. The second kappa shape index (κ2) is 30.9. The molecule has 0 N–H and O–H groups in total. The molecule has 0 spiro atoms. The van der Waals surface area contributed by atoms with Gasteiger partial charge in [0.25, 0.3) is 0 Å². The Morgan fingerprint density at radius 2 is 0.387 bits per heavy atom. The maximum atomic E-state index is 5.66. The Labute approximate surface area is 718 Å². The van der Waals surface area contributed by atoms with E-state index in [4.69, 9.17) is 9.97 Å². The quantitative estimate of drug-likeness (QED) is 0.0857. The van der Waals surface area contributed by atoms with Crippen LogP contribution in [0.2, 0.25) is 0 Å². The first kappa shape index (κ1) is 72.5. The standard InChI is InChI=1S/C116H78N8/c1-7-25-89(26-8-1)119(96-61-45-80(46-62-96)86-55-71-104-101-37-19-22-40-109(101)122(112(104)76-86)92-31-13-4-14-32-92)95-59-43-79(44-60-95)85-58-74-108-107(75-85)115(83-51-67-99(68-52-83)120(90-27-9-2-10-28-90)97-63-47-81(48-64-97)87-56-72-105-102-38-20-23-41-110(102)123(113(105)77-87)93-33-15-5-16-34-93)118-116(117-108)84-53-69-100(70-54-84)121(91-29-11-3-12-30-91)98-65-49-82(50-66-98)88-57-73-106-103-39-21-24-42-111(103)124(114(106)78-88)94-35-17-6-18-36-94/h1-78H. The van der Waals surface area contributed by atoms with Crippen LogP contribution in [-0.2, 0) is 0 Å². The van der Waals surface area contributed by atoms with Gasteiger partial charge in [0.2, 0.25) is 0 Å². The van der Waals surface area contributed by atoms with E-state index >= 15 is 0 Å². The van der Waals surface area contributed by atoms with Crippen molar-refractivity contribution in [2.75, 3.05) is 14.7 Å². The fraction of sp³-hybridized carbons (Fsp3) is 0. The summed E-state index contributed by atoms with van der Waals surface area (Å²) < 4.78 is 7.15. The van der Waals surface area contributed by atoms with Crippen molar-refractivity contribution in [1.82, 2.24) is 23.7 Å². The Morgan fingerprint density at radius 3 is 0.702 bits per heavy atom. The summed E-state index contributed by atoms with van der Waals surface area (Å²) in [5.41, 5.74) is 32.4. The van der Waals surface area contributed by atoms with E-state index < -0.39 is 0 Å². The summed E-state index contributed by atoms with van der Waals surface area (Å²) in [5, 5.41) is 8.34. The lowest BCUT2D eigenvalue weighted by Crippen LogP contribution is -2.09. The van der Waals surface area contributed by atoms with E-state index in [1.54, 1.807) is 0 Å². The van der Waals surface area contributed by atoms with Gasteiger partial charge in [-0.05, 0) is 251 Å². The number of aromatic nitrogens is 5. The Bertz CT molecular complexity index is 7890. The molecule has 0 radical (unpaired) electrons. The fourth-order valence-electron chi connectivity index (χ4n) is 18.5. The minimum Gasteiger partial charge on any atom is -0.311 e. The highest BCUT2D eigenvalue weighted by Crippen LogP contribution is 2.46. The van der Waals surface area contributed by atoms with Crippen molar-refractivity contribution in [2.45, 2.75) is 0 Å². The van der Waals surface area contributed by atoms with Gasteiger partial charge in [-0.3, -0.25) is 0 Å². The maximum absolute atomic E-state index is 5.66. The molecule has 19 aromatic carbocycles. The van der Waals surface area contributed by atoms with Gasteiger partial charge in [0.15, 0.2) is 5.82 Å². The molecule has 0 saturated heterocycles. The molecular formula is C116H78N8. The van der Waals surface area contributed by atoms with Gasteiger partial charge in [-0.15, -0.1) is 0 Å². The SMILES string of the molecule is c1ccc(N(c2ccc(-c3ccc4nc(-c5ccc(N(c6ccccc6)c6ccc(-c7ccc8c9ccccc9n(-c9ccccc9)c8c7)cc6)cc5)nc(-c5ccc(N(c6ccccc6)c6ccc(-c7ccc8c9ccccc9n(-c9ccccc9)c8c7)cc6)cc5)c4c3)cc2)c2ccc(-c3ccc4c5ccccc5n(-c5ccccc5)c4c3)cc2)cc1. The second-order valence-electron chi connectivity index (χ2n) is 31.7. The van der Waals surface area contributed by atoms with Gasteiger partial charge in [-0.25, -0.2) is 9.97 Å². The summed E-state index contributed by atoms with van der Waals surface area (Å²) in [6.45, 7) is 0. The summed E-state index contributed by atoms with van der Waals surface area (Å²) in [6, 6.07) is 171. The number of benzene rings is 19. The molecule has 0 aliphatic heterocycles. The van der Waals surface area contributed by atoms with Crippen LogP contribution in [0.1, 0.15) is 0 Å². The molecule has 4 aromatic heterocycles. The van der Waals surface area contributed by atoms with Crippen LogP contribution in [0, 0.1) is 0 Å². The molecule has 8 nitrogen and oxygen atoms in total. The first-order chi connectivity index (χ1) is 61.5. The Hall–Kier alpha value is -16.7. The van der Waals surface area contributed by atoms with Crippen LogP contribution < -0.4 is 14.7 Å². The fourth-order valence-corrected chi connectivity index (χ4v) is 18.5. The third kappa shape index (κ3) is 13.1. The summed E-state index contributed by atoms with van der Waals surface area (Å²) in [6.07, 6.45) is 0. The highest BCUT2D eigenvalue weighted by molar-refractivity contribution is 6.13. The van der Waals surface area contributed by atoms with Crippen LogP contribution in [0.5, 0.6) is 0 Å². The molecule has 582 valence electrons. The number of hydrogen-bond acceptors (Lipinski definition) is 5. The van der Waals surface area contributed by atoms with Crippen molar-refractivity contribution in [1.29, 1.82) is 0 Å². The molecule has 23 aromatic rings. The predicted molar refractivity (Wildman–Crippen MR) is 519 cm³/mol. The molecule has 0 unspecified atom stereocenters. The van der Waals surface area contributed by atoms with Crippen molar-refractivity contribution in [3.63, 3.8) is 0 Å². The van der Waals surface area contributed by atoms with Crippen molar-refractivity contribution < 1.29 is 0 Å². The molecule has 0 bridgehead atoms. The monoisotopic (exact) mass is 1580 g/mol. The maximum Gasteiger partial charge on any atom is 0.160 e. The first-order valence-corrected chi connectivity index (χ1v) is 42.2. The molecule has 0 atom stereocenters. The average molecular weight is 1580 g/mol. The molecule has 124 heavy (non-hydrogen) atoms. The van der Waals surface area contributed by atoms with E-state index in [0.29, 0.717) is 5.82 Å². The van der Waals surface area contributed by atoms with Crippen LogP contribution in [-0.4, -0.2) is 23.7 Å². The van der Waals surface area contributed by atoms with E-state index in [1.807, 2.05) is 0 Å². The van der Waals surface area contributed by atoms with E-state index in [9.17, 15) is 0 Å². The van der Waals surface area contributed by atoms with Crippen LogP contribution in [0.4, 0.5) is 51.2 Å². The zero-order valence-corrected chi connectivity index (χ0v) is 67.6. The van der Waals surface area contributed by atoms with E-state index in [-0.39, 0.29) is 0 Å².